The molecule has 0 aliphatic carbocycles. The van der Waals surface area contributed by atoms with Crippen molar-refractivity contribution in [1.29, 1.82) is 0 Å². The molecule has 88 valence electrons. The molecule has 0 amide bonds. The largest absolute Gasteiger partial charge is 0.454 e. The second-order valence-electron chi connectivity index (χ2n) is 2.77. The van der Waals surface area contributed by atoms with Gasteiger partial charge < -0.3 is 0 Å². The minimum absolute atomic E-state index is 0.262. The van der Waals surface area contributed by atoms with Gasteiger partial charge in [0.2, 0.25) is 0 Å². The topological polar surface area (TPSA) is 17.1 Å². The van der Waals surface area contributed by atoms with E-state index in [0.717, 1.165) is 11.8 Å². The monoisotopic (exact) mass is 288 g/mol. The summed E-state index contributed by atoms with van der Waals surface area (Å²) < 4.78 is 36.8. The molecule has 0 saturated heterocycles. The standard InChI is InChI=1S/C9H5Cl2F3OS/c1-16-5-3-2-4(10)6(7(5)11)8(15)9(12,13)14/h2-3H,1H3. The molecule has 1 nitrogen and oxygen atoms in total. The molecule has 1 aromatic carbocycles. The second-order valence-corrected chi connectivity index (χ2v) is 4.40. The van der Waals surface area contributed by atoms with Crippen LogP contribution < -0.4 is 0 Å². The van der Waals surface area contributed by atoms with E-state index < -0.39 is 17.5 Å². The fraction of sp³-hybridized carbons (Fsp3) is 0.222. The number of hydrogen-bond acceptors (Lipinski definition) is 2. The third-order valence-electron chi connectivity index (χ3n) is 1.76. The summed E-state index contributed by atoms with van der Waals surface area (Å²) in [7, 11) is 0. The van der Waals surface area contributed by atoms with Gasteiger partial charge in [0, 0.05) is 4.90 Å². The third kappa shape index (κ3) is 2.64. The van der Waals surface area contributed by atoms with Crippen molar-refractivity contribution < 1.29 is 18.0 Å². The van der Waals surface area contributed by atoms with E-state index in [1.54, 1.807) is 6.26 Å². The Morgan fingerprint density at radius 2 is 1.88 bits per heavy atom. The van der Waals surface area contributed by atoms with Crippen molar-refractivity contribution in [2.75, 3.05) is 6.26 Å². The van der Waals surface area contributed by atoms with E-state index in [1.807, 2.05) is 0 Å². The van der Waals surface area contributed by atoms with Gasteiger partial charge in [0.1, 0.15) is 0 Å². The van der Waals surface area contributed by atoms with Crippen LogP contribution in [0.15, 0.2) is 17.0 Å². The van der Waals surface area contributed by atoms with E-state index in [2.05, 4.69) is 0 Å². The van der Waals surface area contributed by atoms with Crippen LogP contribution in [-0.4, -0.2) is 18.2 Å². The zero-order valence-electron chi connectivity index (χ0n) is 7.86. The molecule has 7 heteroatoms. The average molecular weight is 289 g/mol. The highest BCUT2D eigenvalue weighted by molar-refractivity contribution is 7.98. The fourth-order valence-corrected chi connectivity index (χ4v) is 2.30. The number of benzene rings is 1. The lowest BCUT2D eigenvalue weighted by Crippen LogP contribution is -2.23. The molecule has 0 aliphatic rings. The molecule has 0 spiro atoms. The SMILES string of the molecule is CSc1ccc(Cl)c(C(=O)C(F)(F)F)c1Cl. The van der Waals surface area contributed by atoms with Gasteiger partial charge in [0.25, 0.3) is 5.78 Å². The molecule has 0 fully saturated rings. The molecule has 0 aromatic heterocycles. The number of rotatable bonds is 2. The maximum absolute atomic E-state index is 12.3. The molecule has 0 aliphatic heterocycles. The van der Waals surface area contributed by atoms with Crippen molar-refractivity contribution in [1.82, 2.24) is 0 Å². The van der Waals surface area contributed by atoms with Crippen molar-refractivity contribution in [3.8, 4) is 0 Å². The van der Waals surface area contributed by atoms with Gasteiger partial charge in [-0.15, -0.1) is 11.8 Å². The van der Waals surface area contributed by atoms with Crippen molar-refractivity contribution in [2.45, 2.75) is 11.1 Å². The summed E-state index contributed by atoms with van der Waals surface area (Å²) in [5.41, 5.74) is -0.692. The van der Waals surface area contributed by atoms with Crippen LogP contribution in [0.25, 0.3) is 0 Å². The maximum Gasteiger partial charge on any atom is 0.454 e. The van der Waals surface area contributed by atoms with Gasteiger partial charge in [0.15, 0.2) is 0 Å². The Kier molecular flexibility index (Phi) is 4.15. The molecule has 0 atom stereocenters. The molecule has 0 N–H and O–H groups in total. The number of carbonyl (C=O) groups is 1. The van der Waals surface area contributed by atoms with Crippen molar-refractivity contribution >= 4 is 40.7 Å². The summed E-state index contributed by atoms with van der Waals surface area (Å²) in [6.45, 7) is 0. The predicted octanol–water partition coefficient (Wildman–Crippen LogP) is 4.46. The highest BCUT2D eigenvalue weighted by Crippen LogP contribution is 2.36. The van der Waals surface area contributed by atoms with E-state index in [4.69, 9.17) is 23.2 Å². The number of Topliss-reactive ketones (excluding diaryl/α,β-unsaturated/α-hetero) is 1. The van der Waals surface area contributed by atoms with Crippen molar-refractivity contribution in [3.05, 3.63) is 27.7 Å². The zero-order chi connectivity index (χ0) is 12.5. The number of carbonyl (C=O) groups excluding carboxylic acids is 1. The number of thioether (sulfide) groups is 1. The number of ketones is 1. The Labute approximate surface area is 104 Å². The van der Waals surface area contributed by atoms with Crippen LogP contribution >= 0.6 is 35.0 Å². The Bertz CT molecular complexity index is 431. The van der Waals surface area contributed by atoms with E-state index in [-0.39, 0.29) is 10.0 Å². The predicted molar refractivity (Wildman–Crippen MR) is 58.6 cm³/mol. The first-order chi connectivity index (χ1) is 7.29. The summed E-state index contributed by atoms with van der Waals surface area (Å²) in [6.07, 6.45) is -3.35. The average Bonchev–Trinajstić information content (AvgIpc) is 2.16. The number of halogens is 5. The quantitative estimate of drug-likeness (QED) is 0.590. The minimum atomic E-state index is -4.98. The summed E-state index contributed by atoms with van der Waals surface area (Å²) in [6, 6.07) is 2.68. The molecular formula is C9H5Cl2F3OS. The van der Waals surface area contributed by atoms with Crippen LogP contribution in [0, 0.1) is 0 Å². The minimum Gasteiger partial charge on any atom is -0.284 e. The van der Waals surface area contributed by atoms with Crippen molar-refractivity contribution in [3.63, 3.8) is 0 Å². The maximum atomic E-state index is 12.3. The number of alkyl halides is 3. The van der Waals surface area contributed by atoms with Gasteiger partial charge in [-0.1, -0.05) is 23.2 Å². The molecule has 0 unspecified atom stereocenters. The van der Waals surface area contributed by atoms with E-state index >= 15 is 0 Å². The molecule has 0 bridgehead atoms. The van der Waals surface area contributed by atoms with Crippen molar-refractivity contribution in [2.24, 2.45) is 0 Å². The Hall–Kier alpha value is -0.390. The first-order valence-corrected chi connectivity index (χ1v) is 5.90. The first-order valence-electron chi connectivity index (χ1n) is 3.92. The first kappa shape index (κ1) is 13.7. The Balaban J connectivity index is 3.38. The Morgan fingerprint density at radius 1 is 1.31 bits per heavy atom. The van der Waals surface area contributed by atoms with Crippen LogP contribution in [0.2, 0.25) is 10.0 Å². The normalized spacial score (nSPS) is 11.6. The van der Waals surface area contributed by atoms with Gasteiger partial charge in [-0.2, -0.15) is 13.2 Å². The zero-order valence-corrected chi connectivity index (χ0v) is 10.2. The fourth-order valence-electron chi connectivity index (χ4n) is 1.04. The lowest BCUT2D eigenvalue weighted by atomic mass is 10.1. The molecule has 1 rings (SSSR count). The van der Waals surface area contributed by atoms with Gasteiger partial charge in [-0.05, 0) is 18.4 Å². The van der Waals surface area contributed by atoms with Crippen LogP contribution in [0.4, 0.5) is 13.2 Å². The summed E-state index contributed by atoms with van der Waals surface area (Å²) in [4.78, 5) is 11.4. The van der Waals surface area contributed by atoms with Crippen LogP contribution in [0.5, 0.6) is 0 Å². The summed E-state index contributed by atoms with van der Waals surface area (Å²) in [5.74, 6) is -2.03. The highest BCUT2D eigenvalue weighted by Gasteiger charge is 2.41. The molecule has 0 heterocycles. The van der Waals surface area contributed by atoms with Gasteiger partial charge in [0.05, 0.1) is 15.6 Å². The lowest BCUT2D eigenvalue weighted by Gasteiger charge is -2.11. The second kappa shape index (κ2) is 4.85. The van der Waals surface area contributed by atoms with Crippen LogP contribution in [0.1, 0.15) is 10.4 Å². The Morgan fingerprint density at radius 3 is 2.31 bits per heavy atom. The molecule has 0 saturated carbocycles. The van der Waals surface area contributed by atoms with Gasteiger partial charge >= 0.3 is 6.18 Å². The smallest absolute Gasteiger partial charge is 0.284 e. The summed E-state index contributed by atoms with van der Waals surface area (Å²) in [5, 5.41) is -0.563. The van der Waals surface area contributed by atoms with Crippen LogP contribution in [-0.2, 0) is 0 Å². The van der Waals surface area contributed by atoms with Crippen LogP contribution in [0.3, 0.4) is 0 Å². The van der Waals surface area contributed by atoms with E-state index in [1.165, 1.54) is 12.1 Å². The van der Waals surface area contributed by atoms with E-state index in [0.29, 0.717) is 4.90 Å². The highest BCUT2D eigenvalue weighted by atomic mass is 35.5. The van der Waals surface area contributed by atoms with E-state index in [9.17, 15) is 18.0 Å². The van der Waals surface area contributed by atoms with Gasteiger partial charge in [-0.25, -0.2) is 0 Å². The lowest BCUT2D eigenvalue weighted by molar-refractivity contribution is -0.0885. The number of hydrogen-bond donors (Lipinski definition) is 0. The summed E-state index contributed by atoms with van der Waals surface area (Å²) >= 11 is 12.4. The molecule has 1 aromatic rings. The molecule has 0 radical (unpaired) electrons. The van der Waals surface area contributed by atoms with Gasteiger partial charge in [-0.3, -0.25) is 4.79 Å². The third-order valence-corrected chi connectivity index (χ3v) is 3.36. The molecule has 16 heavy (non-hydrogen) atoms. The molecular weight excluding hydrogens is 284 g/mol.